The highest BCUT2D eigenvalue weighted by atomic mass is 28.1. The van der Waals surface area contributed by atoms with Crippen LogP contribution in [0.3, 0.4) is 0 Å². The van der Waals surface area contributed by atoms with Gasteiger partial charge in [-0.3, -0.25) is 10.5 Å². The molecule has 1 radical (unpaired) electrons. The van der Waals surface area contributed by atoms with Crippen molar-refractivity contribution in [2.75, 3.05) is 0 Å². The van der Waals surface area contributed by atoms with E-state index in [1.807, 2.05) is 19.1 Å². The summed E-state index contributed by atoms with van der Waals surface area (Å²) in [7, 11) is 0.831. The molecule has 1 aromatic carbocycles. The maximum atomic E-state index is 10.7. The van der Waals surface area contributed by atoms with Crippen LogP contribution in [0, 0.1) is 6.92 Å². The van der Waals surface area contributed by atoms with Gasteiger partial charge < -0.3 is 0 Å². The molecule has 1 N–H and O–H groups in total. The number of carbonyl (C=O) groups is 1. The topological polar surface area (TPSA) is 40.9 Å². The highest BCUT2D eigenvalue weighted by Gasteiger charge is 2.03. The zero-order chi connectivity index (χ0) is 8.43. The summed E-state index contributed by atoms with van der Waals surface area (Å²) in [5.41, 5.74) is 8.62. The van der Waals surface area contributed by atoms with Crippen LogP contribution < -0.4 is 10.9 Å². The van der Waals surface area contributed by atoms with Gasteiger partial charge in [0.2, 0.25) is 0 Å². The number of benzene rings is 1. The third-order valence-electron chi connectivity index (χ3n) is 1.63. The Labute approximate surface area is 68.8 Å². The Kier molecular flexibility index (Phi) is 2.10. The van der Waals surface area contributed by atoms with Crippen LogP contribution in [0.4, 0.5) is 0 Å². The second-order valence-corrected chi connectivity index (χ2v) is 3.72. The van der Waals surface area contributed by atoms with E-state index in [1.165, 1.54) is 0 Å². The largest absolute Gasteiger partial charge is 0.269 e. The fourth-order valence-corrected chi connectivity index (χ4v) is 1.92. The van der Waals surface area contributed by atoms with Crippen LogP contribution in [0.25, 0.3) is 0 Å². The number of aryl methyl sites for hydroxylation is 1. The van der Waals surface area contributed by atoms with Gasteiger partial charge in [-0.15, -0.1) is 0 Å². The first-order valence-corrected chi connectivity index (χ1v) is 4.44. The summed E-state index contributed by atoms with van der Waals surface area (Å²) in [4.78, 5) is 10.7. The number of hydrogen-bond donors (Lipinski definition) is 0. The van der Waals surface area contributed by atoms with E-state index in [0.29, 0.717) is 5.56 Å². The number of rotatable bonds is 1. The smallest absolute Gasteiger partial charge is 0.267 e. The van der Waals surface area contributed by atoms with Gasteiger partial charge in [-0.25, -0.2) is 0 Å². The molecule has 0 aromatic heterocycles. The molecule has 1 aromatic rings. The zero-order valence-corrected chi connectivity index (χ0v) is 8.64. The molecule has 0 aliphatic carbocycles. The Morgan fingerprint density at radius 2 is 2.18 bits per heavy atom. The van der Waals surface area contributed by atoms with Gasteiger partial charge in [0.1, 0.15) is 0 Å². The minimum absolute atomic E-state index is 0.558. The Balaban J connectivity index is 3.20. The van der Waals surface area contributed by atoms with Crippen molar-refractivity contribution in [3.63, 3.8) is 0 Å². The van der Waals surface area contributed by atoms with Crippen molar-refractivity contribution >= 4 is 21.3 Å². The van der Waals surface area contributed by atoms with Crippen LogP contribution in [0.1, 0.15) is 15.9 Å². The molecular weight excluding hydrogens is 154 g/mol. The van der Waals surface area contributed by atoms with Crippen LogP contribution in [-0.2, 0) is 0 Å². The normalized spacial score (nSPS) is 9.91. The fraction of sp³-hybridized carbons (Fsp3) is 0.125. The molecule has 0 spiro atoms. The Morgan fingerprint density at radius 3 is 2.64 bits per heavy atom. The van der Waals surface area contributed by atoms with Crippen molar-refractivity contribution in [3.05, 3.63) is 29.3 Å². The molecule has 0 heterocycles. The monoisotopic (exact) mass is 164 g/mol. The predicted octanol–water partition coefficient (Wildman–Crippen LogP) is -0.591. The van der Waals surface area contributed by atoms with Gasteiger partial charge in [0.15, 0.2) is 0 Å². The van der Waals surface area contributed by atoms with Crippen LogP contribution >= 0.6 is 0 Å². The first kappa shape index (κ1) is 8.01. The van der Waals surface area contributed by atoms with Crippen LogP contribution in [0.15, 0.2) is 18.2 Å². The lowest BCUT2D eigenvalue weighted by atomic mass is 10.1. The summed E-state index contributed by atoms with van der Waals surface area (Å²) >= 11 is 0. The number of hydrogen-bond acceptors (Lipinski definition) is 1. The van der Waals surface area contributed by atoms with E-state index in [4.69, 9.17) is 5.73 Å². The second-order valence-electron chi connectivity index (χ2n) is 2.65. The molecule has 0 bridgehead atoms. The number of nitrogens with one attached hydrogen (secondary N) is 1. The van der Waals surface area contributed by atoms with Crippen LogP contribution in [0.5, 0.6) is 0 Å². The molecule has 11 heavy (non-hydrogen) atoms. The molecule has 0 fully saturated rings. The Hall–Kier alpha value is -1.09. The summed E-state index contributed by atoms with van der Waals surface area (Å²) in [6.07, 6.45) is 0. The molecule has 0 aliphatic heterocycles. The lowest BCUT2D eigenvalue weighted by molar-refractivity contribution is 0.0993. The molecule has 2 nitrogen and oxygen atoms in total. The molecule has 0 saturated carbocycles. The maximum Gasteiger partial charge on any atom is 0.269 e. The average molecular weight is 164 g/mol. The van der Waals surface area contributed by atoms with E-state index in [1.54, 1.807) is 6.07 Å². The predicted molar refractivity (Wildman–Crippen MR) is 48.2 cm³/mol. The second kappa shape index (κ2) is 2.88. The Bertz CT molecular complexity index is 296. The molecule has 0 unspecified atom stereocenters. The summed E-state index contributed by atoms with van der Waals surface area (Å²) in [5.74, 6) is -0.574. The van der Waals surface area contributed by atoms with E-state index in [0.717, 1.165) is 21.0 Å². The quantitative estimate of drug-likeness (QED) is 0.511. The molecule has 1 rings (SSSR count). The van der Waals surface area contributed by atoms with Gasteiger partial charge >= 0.3 is 0 Å². The van der Waals surface area contributed by atoms with Crippen molar-refractivity contribution in [1.29, 1.82) is 0 Å². The maximum absolute atomic E-state index is 10.7. The molecule has 1 amide bonds. The molecule has 57 valence electrons. The number of carbonyl (C=O) groups excluding carboxylic acids is 1. The van der Waals surface area contributed by atoms with Gasteiger partial charge in [0, 0.05) is 15.8 Å². The van der Waals surface area contributed by atoms with E-state index >= 15 is 0 Å². The minimum atomic E-state index is -0.574. The van der Waals surface area contributed by atoms with Gasteiger partial charge in [0.25, 0.3) is 5.91 Å². The number of amides is 1. The fourth-order valence-electron chi connectivity index (χ4n) is 1.07. The van der Waals surface area contributed by atoms with E-state index in [-0.39, 0.29) is 0 Å². The minimum Gasteiger partial charge on any atom is -0.267 e. The lowest BCUT2D eigenvalue weighted by Gasteiger charge is -2.00. The lowest BCUT2D eigenvalue weighted by Crippen LogP contribution is -2.16. The summed E-state index contributed by atoms with van der Waals surface area (Å²) in [5, 5.41) is 1.02. The van der Waals surface area contributed by atoms with Crippen molar-refractivity contribution in [1.82, 2.24) is 5.73 Å². The van der Waals surface area contributed by atoms with Crippen LogP contribution in [0.2, 0.25) is 0 Å². The highest BCUT2D eigenvalue weighted by molar-refractivity contribution is 6.36. The molecule has 0 aliphatic rings. The van der Waals surface area contributed by atoms with Gasteiger partial charge in [-0.05, 0) is 13.0 Å². The van der Waals surface area contributed by atoms with E-state index in [2.05, 4.69) is 0 Å². The van der Waals surface area contributed by atoms with Crippen molar-refractivity contribution in [2.24, 2.45) is 0 Å². The van der Waals surface area contributed by atoms with Gasteiger partial charge in [0.05, 0.1) is 0 Å². The van der Waals surface area contributed by atoms with E-state index in [9.17, 15) is 4.79 Å². The van der Waals surface area contributed by atoms with Crippen molar-refractivity contribution in [3.8, 4) is 0 Å². The first-order chi connectivity index (χ1) is 5.11. The highest BCUT2D eigenvalue weighted by Crippen LogP contribution is 1.98. The SMILES string of the molecule is Cc1ccc(C([NH])=O)c([SiH3])c1. The third-order valence-corrected chi connectivity index (χ3v) is 2.45. The molecular formula is C8H10NOSi. The molecule has 0 saturated heterocycles. The third kappa shape index (κ3) is 1.68. The summed E-state index contributed by atoms with van der Waals surface area (Å²) in [6.45, 7) is 1.99. The summed E-state index contributed by atoms with van der Waals surface area (Å²) in [6, 6.07) is 5.56. The molecule has 3 heteroatoms. The average Bonchev–Trinajstić information content (AvgIpc) is 1.85. The summed E-state index contributed by atoms with van der Waals surface area (Å²) < 4.78 is 0. The van der Waals surface area contributed by atoms with Crippen molar-refractivity contribution in [2.45, 2.75) is 6.92 Å². The standard InChI is InChI=1S/C8H10NOSi/c1-5-2-3-6(8(9)10)7(11)4-5/h2-4,9H,1,11H3. The molecule has 0 atom stereocenters. The zero-order valence-electron chi connectivity index (χ0n) is 6.64. The van der Waals surface area contributed by atoms with Crippen LogP contribution in [-0.4, -0.2) is 16.1 Å². The Morgan fingerprint density at radius 1 is 1.55 bits per heavy atom. The van der Waals surface area contributed by atoms with E-state index < -0.39 is 5.91 Å². The first-order valence-electron chi connectivity index (χ1n) is 3.44. The van der Waals surface area contributed by atoms with Crippen molar-refractivity contribution < 1.29 is 4.79 Å². The van der Waals surface area contributed by atoms with Gasteiger partial charge in [-0.2, -0.15) is 0 Å². The van der Waals surface area contributed by atoms with Gasteiger partial charge in [-0.1, -0.05) is 22.9 Å².